The van der Waals surface area contributed by atoms with E-state index in [9.17, 15) is 19.7 Å². The van der Waals surface area contributed by atoms with Gasteiger partial charge in [0.15, 0.2) is 18.1 Å². The summed E-state index contributed by atoms with van der Waals surface area (Å²) in [7, 11) is 2.83. The van der Waals surface area contributed by atoms with Gasteiger partial charge in [-0.2, -0.15) is 0 Å². The Morgan fingerprint density at radius 1 is 1.07 bits per heavy atom. The number of carbonyl (C=O) groups excluding carboxylic acids is 2. The molecule has 0 unspecified atom stereocenters. The monoisotopic (exact) mass is 389 g/mol. The summed E-state index contributed by atoms with van der Waals surface area (Å²) in [5.74, 6) is -0.579. The van der Waals surface area contributed by atoms with E-state index in [0.717, 1.165) is 12.1 Å². The van der Waals surface area contributed by atoms with Crippen molar-refractivity contribution in [2.24, 2.45) is 0 Å². The summed E-state index contributed by atoms with van der Waals surface area (Å²) in [6.45, 7) is -0.757. The van der Waals surface area contributed by atoms with Crippen LogP contribution >= 0.6 is 0 Å². The van der Waals surface area contributed by atoms with Gasteiger partial charge in [-0.3, -0.25) is 14.9 Å². The highest BCUT2D eigenvalue weighted by Gasteiger charge is 2.28. The Labute approximate surface area is 158 Å². The van der Waals surface area contributed by atoms with Crippen LogP contribution in [0.25, 0.3) is 0 Å². The Balaban J connectivity index is 1.80. The lowest BCUT2D eigenvalue weighted by Gasteiger charge is -2.10. The maximum absolute atomic E-state index is 12.4. The van der Waals surface area contributed by atoms with Crippen molar-refractivity contribution in [3.05, 3.63) is 51.6 Å². The van der Waals surface area contributed by atoms with Gasteiger partial charge in [0, 0.05) is 6.07 Å². The second-order valence-corrected chi connectivity index (χ2v) is 5.55. The zero-order valence-corrected chi connectivity index (χ0v) is 14.9. The Hall–Kier alpha value is -3.82. The normalized spacial score (nSPS) is 11.6. The maximum Gasteiger partial charge on any atom is 0.345 e. The molecule has 0 saturated carbocycles. The molecule has 0 radical (unpaired) electrons. The number of carbonyl (C=O) groups is 2. The Morgan fingerprint density at radius 2 is 1.79 bits per heavy atom. The molecule has 0 bridgehead atoms. The molecule has 0 aromatic heterocycles. The third-order valence-electron chi connectivity index (χ3n) is 3.95. The molecule has 0 N–H and O–H groups in total. The number of nitro benzene ring substituents is 1. The molecule has 1 aliphatic rings. The fourth-order valence-electron chi connectivity index (χ4n) is 2.56. The van der Waals surface area contributed by atoms with Gasteiger partial charge >= 0.3 is 5.97 Å². The van der Waals surface area contributed by atoms with Crippen LogP contribution in [0.5, 0.6) is 23.0 Å². The molecular weight excluding hydrogens is 374 g/mol. The van der Waals surface area contributed by atoms with Gasteiger partial charge in [-0.25, -0.2) is 4.79 Å². The van der Waals surface area contributed by atoms with Crippen LogP contribution in [0.2, 0.25) is 0 Å². The van der Waals surface area contributed by atoms with E-state index < -0.39 is 29.0 Å². The van der Waals surface area contributed by atoms with Crippen LogP contribution in [0, 0.1) is 10.1 Å². The standard InChI is InChI=1S/C18H15NO9/c1-24-10-3-4-15(25-2)12(5-10)14(20)8-26-18(21)11-6-16-17(28-9-27-16)7-13(11)19(22)23/h3-7H,8-9H2,1-2H3. The number of esters is 1. The molecule has 0 spiro atoms. The predicted molar refractivity (Wildman–Crippen MR) is 93.4 cm³/mol. The molecule has 2 aromatic carbocycles. The fraction of sp³-hybridized carbons (Fsp3) is 0.222. The first-order valence-corrected chi connectivity index (χ1v) is 7.95. The van der Waals surface area contributed by atoms with Crippen molar-refractivity contribution >= 4 is 17.4 Å². The van der Waals surface area contributed by atoms with Gasteiger partial charge in [0.1, 0.15) is 17.1 Å². The summed E-state index contributed by atoms with van der Waals surface area (Å²) in [6.07, 6.45) is 0. The van der Waals surface area contributed by atoms with E-state index >= 15 is 0 Å². The first kappa shape index (κ1) is 19.0. The molecule has 0 atom stereocenters. The summed E-state index contributed by atoms with van der Waals surface area (Å²) >= 11 is 0. The van der Waals surface area contributed by atoms with E-state index in [4.69, 9.17) is 23.7 Å². The number of hydrogen-bond donors (Lipinski definition) is 0. The minimum atomic E-state index is -1.04. The fourth-order valence-corrected chi connectivity index (χ4v) is 2.56. The van der Waals surface area contributed by atoms with Crippen LogP contribution in [-0.4, -0.2) is 44.3 Å². The van der Waals surface area contributed by atoms with Crippen LogP contribution in [0.15, 0.2) is 30.3 Å². The van der Waals surface area contributed by atoms with Crippen molar-refractivity contribution in [2.45, 2.75) is 0 Å². The van der Waals surface area contributed by atoms with Crippen molar-refractivity contribution in [3.63, 3.8) is 0 Å². The molecule has 10 nitrogen and oxygen atoms in total. The smallest absolute Gasteiger partial charge is 0.345 e. The highest BCUT2D eigenvalue weighted by atomic mass is 16.7. The number of ether oxygens (including phenoxy) is 5. The number of Topliss-reactive ketones (excluding diaryl/α,β-unsaturated/α-hetero) is 1. The highest BCUT2D eigenvalue weighted by molar-refractivity contribution is 6.02. The van der Waals surface area contributed by atoms with Gasteiger partial charge in [-0.05, 0) is 18.2 Å². The molecular formula is C18H15NO9. The van der Waals surface area contributed by atoms with Crippen molar-refractivity contribution in [1.82, 2.24) is 0 Å². The summed E-state index contributed by atoms with van der Waals surface area (Å²) < 4.78 is 25.4. The average molecular weight is 389 g/mol. The zero-order valence-electron chi connectivity index (χ0n) is 14.9. The van der Waals surface area contributed by atoms with E-state index in [0.29, 0.717) is 5.75 Å². The maximum atomic E-state index is 12.4. The molecule has 0 fully saturated rings. The number of rotatable bonds is 7. The van der Waals surface area contributed by atoms with Crippen LogP contribution in [0.4, 0.5) is 5.69 Å². The van der Waals surface area contributed by atoms with E-state index in [1.165, 1.54) is 26.4 Å². The third-order valence-corrected chi connectivity index (χ3v) is 3.95. The second kappa shape index (κ2) is 7.82. The van der Waals surface area contributed by atoms with Crippen molar-refractivity contribution in [1.29, 1.82) is 0 Å². The lowest BCUT2D eigenvalue weighted by atomic mass is 10.1. The lowest BCUT2D eigenvalue weighted by molar-refractivity contribution is -0.385. The molecule has 146 valence electrons. The van der Waals surface area contributed by atoms with E-state index in [-0.39, 0.29) is 35.2 Å². The SMILES string of the molecule is COc1ccc(OC)c(C(=O)COC(=O)c2cc3c(cc2[N+](=O)[O-])OCO3)c1. The Kier molecular flexibility index (Phi) is 5.30. The van der Waals surface area contributed by atoms with Crippen molar-refractivity contribution in [2.75, 3.05) is 27.6 Å². The van der Waals surface area contributed by atoms with Gasteiger partial charge in [-0.1, -0.05) is 0 Å². The molecule has 3 rings (SSSR count). The molecule has 0 aliphatic carbocycles. The number of fused-ring (bicyclic) bond motifs is 1. The molecule has 0 amide bonds. The van der Waals surface area contributed by atoms with Crippen LogP contribution < -0.4 is 18.9 Å². The van der Waals surface area contributed by atoms with Crippen molar-refractivity contribution < 1.29 is 38.2 Å². The summed E-state index contributed by atoms with van der Waals surface area (Å²) in [6, 6.07) is 6.82. The number of methoxy groups -OCH3 is 2. The van der Waals surface area contributed by atoms with Gasteiger partial charge in [-0.15, -0.1) is 0 Å². The molecule has 1 heterocycles. The summed E-state index contributed by atoms with van der Waals surface area (Å²) in [4.78, 5) is 35.3. The first-order chi connectivity index (χ1) is 13.4. The number of benzene rings is 2. The minimum Gasteiger partial charge on any atom is -0.497 e. The van der Waals surface area contributed by atoms with Crippen molar-refractivity contribution in [3.8, 4) is 23.0 Å². The number of nitro groups is 1. The van der Waals surface area contributed by atoms with E-state index in [1.807, 2.05) is 0 Å². The summed E-state index contributed by atoms with van der Waals surface area (Å²) in [5.41, 5.74) is -0.713. The molecule has 10 heteroatoms. The van der Waals surface area contributed by atoms with Crippen LogP contribution in [-0.2, 0) is 4.74 Å². The van der Waals surface area contributed by atoms with Gasteiger partial charge in [0.2, 0.25) is 12.6 Å². The molecule has 28 heavy (non-hydrogen) atoms. The quantitative estimate of drug-likeness (QED) is 0.304. The molecule has 1 aliphatic heterocycles. The topological polar surface area (TPSA) is 123 Å². The molecule has 2 aromatic rings. The Morgan fingerprint density at radius 3 is 2.43 bits per heavy atom. The third kappa shape index (κ3) is 3.65. The lowest BCUT2D eigenvalue weighted by Crippen LogP contribution is -2.16. The predicted octanol–water partition coefficient (Wildman–Crippen LogP) is 2.38. The second-order valence-electron chi connectivity index (χ2n) is 5.55. The van der Waals surface area contributed by atoms with Crippen LogP contribution in [0.3, 0.4) is 0 Å². The number of hydrogen-bond acceptors (Lipinski definition) is 9. The Bertz CT molecular complexity index is 954. The minimum absolute atomic E-state index is 0.112. The highest BCUT2D eigenvalue weighted by Crippen LogP contribution is 2.38. The largest absolute Gasteiger partial charge is 0.497 e. The van der Waals surface area contributed by atoms with Crippen LogP contribution in [0.1, 0.15) is 20.7 Å². The number of nitrogens with zero attached hydrogens (tertiary/aromatic N) is 1. The zero-order chi connectivity index (χ0) is 20.3. The van der Waals surface area contributed by atoms with Gasteiger partial charge in [0.05, 0.1) is 30.8 Å². The number of ketones is 1. The molecule has 0 saturated heterocycles. The average Bonchev–Trinajstić information content (AvgIpc) is 3.17. The van der Waals surface area contributed by atoms with E-state index in [2.05, 4.69) is 0 Å². The van der Waals surface area contributed by atoms with Gasteiger partial charge in [0.25, 0.3) is 5.69 Å². The van der Waals surface area contributed by atoms with E-state index in [1.54, 1.807) is 6.07 Å². The van der Waals surface area contributed by atoms with Gasteiger partial charge < -0.3 is 23.7 Å². The first-order valence-electron chi connectivity index (χ1n) is 7.95. The summed E-state index contributed by atoms with van der Waals surface area (Å²) in [5, 5.41) is 11.2.